The van der Waals surface area contributed by atoms with E-state index in [0.29, 0.717) is 0 Å². The first-order chi connectivity index (χ1) is 5.29. The van der Waals surface area contributed by atoms with Crippen LogP contribution < -0.4 is 0 Å². The number of nitriles is 1. The van der Waals surface area contributed by atoms with Gasteiger partial charge in [0.15, 0.2) is 0 Å². The van der Waals surface area contributed by atoms with Crippen molar-refractivity contribution in [2.75, 3.05) is 0 Å². The van der Waals surface area contributed by atoms with E-state index in [1.807, 2.05) is 0 Å². The number of aliphatic hydroxyl groups is 1. The first kappa shape index (κ1) is 7.70. The molecule has 0 aliphatic heterocycles. The maximum atomic E-state index is 12.7. The molecule has 11 heavy (non-hydrogen) atoms. The highest BCUT2D eigenvalue weighted by Gasteiger charge is 2.04. The number of rotatable bonds is 1. The van der Waals surface area contributed by atoms with Gasteiger partial charge in [-0.15, -0.1) is 0 Å². The number of nitrogens with zero attached hydrogens (tertiary/aromatic N) is 1. The molecule has 3 heteroatoms. The highest BCUT2D eigenvalue weighted by atomic mass is 19.1. The van der Waals surface area contributed by atoms with E-state index in [4.69, 9.17) is 10.4 Å². The molecule has 0 amide bonds. The second-order valence-electron chi connectivity index (χ2n) is 2.04. The Kier molecular flexibility index (Phi) is 2.19. The summed E-state index contributed by atoms with van der Waals surface area (Å²) in [6.07, 6.45) is 0. The molecule has 0 saturated heterocycles. The molecule has 1 N–H and O–H groups in total. The van der Waals surface area contributed by atoms with Gasteiger partial charge < -0.3 is 5.11 Å². The van der Waals surface area contributed by atoms with Gasteiger partial charge in [-0.05, 0) is 12.1 Å². The number of hydrogen-bond acceptors (Lipinski definition) is 2. The third-order valence-electron chi connectivity index (χ3n) is 1.40. The number of halogens is 1. The predicted molar refractivity (Wildman–Crippen MR) is 37.0 cm³/mol. The molecule has 0 aliphatic rings. The average Bonchev–Trinajstić information content (AvgIpc) is 2.04. The van der Waals surface area contributed by atoms with E-state index >= 15 is 0 Å². The molecule has 0 saturated carbocycles. The Morgan fingerprint density at radius 2 is 2.27 bits per heavy atom. The van der Waals surface area contributed by atoms with Crippen molar-refractivity contribution in [3.63, 3.8) is 0 Å². The SMILES string of the molecule is N#Cc1cccc(F)c1CO. The van der Waals surface area contributed by atoms with E-state index in [1.54, 1.807) is 6.07 Å². The zero-order chi connectivity index (χ0) is 8.27. The Hall–Kier alpha value is -1.40. The smallest absolute Gasteiger partial charge is 0.130 e. The lowest BCUT2D eigenvalue weighted by atomic mass is 10.1. The van der Waals surface area contributed by atoms with Crippen molar-refractivity contribution in [1.82, 2.24) is 0 Å². The lowest BCUT2D eigenvalue weighted by molar-refractivity contribution is 0.275. The molecule has 1 aromatic rings. The fourth-order valence-corrected chi connectivity index (χ4v) is 0.824. The van der Waals surface area contributed by atoms with E-state index in [2.05, 4.69) is 0 Å². The lowest BCUT2D eigenvalue weighted by Crippen LogP contribution is -1.93. The van der Waals surface area contributed by atoms with Crippen LogP contribution in [0, 0.1) is 17.1 Å². The summed E-state index contributed by atoms with van der Waals surface area (Å²) in [4.78, 5) is 0. The molecule has 0 spiro atoms. The van der Waals surface area contributed by atoms with Crippen LogP contribution in [0.3, 0.4) is 0 Å². The molecule has 0 fully saturated rings. The summed E-state index contributed by atoms with van der Waals surface area (Å²) in [5.41, 5.74) is 0.252. The van der Waals surface area contributed by atoms with Crippen LogP contribution >= 0.6 is 0 Å². The van der Waals surface area contributed by atoms with Gasteiger partial charge in [0.05, 0.1) is 18.2 Å². The lowest BCUT2D eigenvalue weighted by Gasteiger charge is -1.99. The van der Waals surface area contributed by atoms with E-state index in [0.717, 1.165) is 0 Å². The summed E-state index contributed by atoms with van der Waals surface area (Å²) in [5.74, 6) is -0.536. The van der Waals surface area contributed by atoms with Gasteiger partial charge in [-0.1, -0.05) is 6.07 Å². The van der Waals surface area contributed by atoms with Gasteiger partial charge in [-0.25, -0.2) is 4.39 Å². The van der Waals surface area contributed by atoms with Gasteiger partial charge in [-0.2, -0.15) is 5.26 Å². The van der Waals surface area contributed by atoms with Crippen molar-refractivity contribution in [2.45, 2.75) is 6.61 Å². The summed E-state index contributed by atoms with van der Waals surface area (Å²) in [5, 5.41) is 17.1. The minimum Gasteiger partial charge on any atom is -0.392 e. The molecule has 56 valence electrons. The first-order valence-electron chi connectivity index (χ1n) is 3.08. The Labute approximate surface area is 63.5 Å². The van der Waals surface area contributed by atoms with Crippen molar-refractivity contribution < 1.29 is 9.50 Å². The Morgan fingerprint density at radius 3 is 2.73 bits per heavy atom. The van der Waals surface area contributed by atoms with E-state index in [-0.39, 0.29) is 11.1 Å². The van der Waals surface area contributed by atoms with Crippen LogP contribution in [0.5, 0.6) is 0 Å². The minimum atomic E-state index is -0.536. The Morgan fingerprint density at radius 1 is 1.55 bits per heavy atom. The fraction of sp³-hybridized carbons (Fsp3) is 0.125. The topological polar surface area (TPSA) is 44.0 Å². The standard InChI is InChI=1S/C8H6FNO/c9-8-3-1-2-6(4-10)7(8)5-11/h1-3,11H,5H2. The van der Waals surface area contributed by atoms with Crippen molar-refractivity contribution in [3.8, 4) is 6.07 Å². The zero-order valence-electron chi connectivity index (χ0n) is 5.71. The predicted octanol–water partition coefficient (Wildman–Crippen LogP) is 1.19. The Bertz CT molecular complexity index is 303. The molecule has 1 aromatic carbocycles. The summed E-state index contributed by atoms with van der Waals surface area (Å²) in [6, 6.07) is 5.91. The summed E-state index contributed by atoms with van der Waals surface area (Å²) in [7, 11) is 0. The molecule has 0 radical (unpaired) electrons. The van der Waals surface area contributed by atoms with Crippen LogP contribution in [0.1, 0.15) is 11.1 Å². The van der Waals surface area contributed by atoms with Gasteiger partial charge in [0.25, 0.3) is 0 Å². The minimum absolute atomic E-state index is 0.0648. The molecule has 0 unspecified atom stereocenters. The van der Waals surface area contributed by atoms with Crippen molar-refractivity contribution in [3.05, 3.63) is 35.1 Å². The molecule has 0 aromatic heterocycles. The second-order valence-corrected chi connectivity index (χ2v) is 2.04. The maximum absolute atomic E-state index is 12.7. The second kappa shape index (κ2) is 3.13. The molecule has 0 heterocycles. The number of aliphatic hydroxyl groups excluding tert-OH is 1. The fourth-order valence-electron chi connectivity index (χ4n) is 0.824. The van der Waals surface area contributed by atoms with Crippen LogP contribution in [0.25, 0.3) is 0 Å². The Balaban J connectivity index is 3.27. The van der Waals surface area contributed by atoms with E-state index < -0.39 is 12.4 Å². The van der Waals surface area contributed by atoms with Crippen LogP contribution in [-0.4, -0.2) is 5.11 Å². The molecule has 0 bridgehead atoms. The quantitative estimate of drug-likeness (QED) is 0.655. The zero-order valence-corrected chi connectivity index (χ0v) is 5.71. The van der Waals surface area contributed by atoms with Crippen LogP contribution in [0.2, 0.25) is 0 Å². The van der Waals surface area contributed by atoms with Crippen molar-refractivity contribution >= 4 is 0 Å². The monoisotopic (exact) mass is 151 g/mol. The largest absolute Gasteiger partial charge is 0.392 e. The molecule has 0 atom stereocenters. The van der Waals surface area contributed by atoms with Gasteiger partial charge in [0, 0.05) is 5.56 Å². The molecule has 1 rings (SSSR count). The van der Waals surface area contributed by atoms with Crippen molar-refractivity contribution in [1.29, 1.82) is 5.26 Å². The van der Waals surface area contributed by atoms with Crippen LogP contribution in [-0.2, 0) is 6.61 Å². The van der Waals surface area contributed by atoms with E-state index in [1.165, 1.54) is 18.2 Å². The van der Waals surface area contributed by atoms with Gasteiger partial charge >= 0.3 is 0 Å². The normalized spacial score (nSPS) is 9.18. The van der Waals surface area contributed by atoms with Gasteiger partial charge in [0.2, 0.25) is 0 Å². The summed E-state index contributed by atoms with van der Waals surface area (Å²) < 4.78 is 12.7. The van der Waals surface area contributed by atoms with Gasteiger partial charge in [-0.3, -0.25) is 0 Å². The summed E-state index contributed by atoms with van der Waals surface area (Å²) in [6.45, 7) is -0.435. The number of hydrogen-bond donors (Lipinski definition) is 1. The number of benzene rings is 1. The van der Waals surface area contributed by atoms with Crippen LogP contribution in [0.4, 0.5) is 4.39 Å². The van der Waals surface area contributed by atoms with Crippen LogP contribution in [0.15, 0.2) is 18.2 Å². The highest BCUT2D eigenvalue weighted by molar-refractivity contribution is 5.37. The van der Waals surface area contributed by atoms with E-state index in [9.17, 15) is 4.39 Å². The maximum Gasteiger partial charge on any atom is 0.130 e. The van der Waals surface area contributed by atoms with Gasteiger partial charge in [0.1, 0.15) is 5.82 Å². The molecular formula is C8H6FNO. The third kappa shape index (κ3) is 1.36. The molecular weight excluding hydrogens is 145 g/mol. The summed E-state index contributed by atoms with van der Waals surface area (Å²) >= 11 is 0. The highest BCUT2D eigenvalue weighted by Crippen LogP contribution is 2.11. The van der Waals surface area contributed by atoms with Crippen molar-refractivity contribution in [2.24, 2.45) is 0 Å². The average molecular weight is 151 g/mol. The molecule has 0 aliphatic carbocycles. The first-order valence-corrected chi connectivity index (χ1v) is 3.08. The molecule has 2 nitrogen and oxygen atoms in total. The third-order valence-corrected chi connectivity index (χ3v) is 1.40.